The van der Waals surface area contributed by atoms with Crippen molar-refractivity contribution in [2.24, 2.45) is 0 Å². The minimum absolute atomic E-state index is 0.241. The van der Waals surface area contributed by atoms with Gasteiger partial charge in [0.25, 0.3) is 0 Å². The van der Waals surface area contributed by atoms with Crippen LogP contribution in [0.2, 0.25) is 0 Å². The summed E-state index contributed by atoms with van der Waals surface area (Å²) in [7, 11) is 0. The van der Waals surface area contributed by atoms with Crippen LogP contribution in [0.15, 0.2) is 132 Å². The third-order valence-corrected chi connectivity index (χ3v) is 9.78. The van der Waals surface area contributed by atoms with Gasteiger partial charge in [0.15, 0.2) is 5.58 Å². The summed E-state index contributed by atoms with van der Waals surface area (Å²) in [4.78, 5) is 10.7. The van der Waals surface area contributed by atoms with Gasteiger partial charge in [0.05, 0.1) is 11.0 Å². The Kier molecular flexibility index (Phi) is 4.76. The van der Waals surface area contributed by atoms with Crippen LogP contribution in [0.4, 0.5) is 0 Å². The molecule has 0 fully saturated rings. The number of benzene rings is 6. The molecule has 212 valence electrons. The van der Waals surface area contributed by atoms with Crippen LogP contribution in [0.5, 0.6) is 0 Å². The summed E-state index contributed by atoms with van der Waals surface area (Å²) in [6.07, 6.45) is 0. The van der Waals surface area contributed by atoms with Crippen molar-refractivity contribution >= 4 is 54.6 Å². The number of nitrogens with zero attached hydrogens (tertiary/aromatic N) is 3. The summed E-state index contributed by atoms with van der Waals surface area (Å²) >= 11 is 0. The van der Waals surface area contributed by atoms with Gasteiger partial charge in [0.1, 0.15) is 16.8 Å². The van der Waals surface area contributed by atoms with E-state index in [2.05, 4.69) is 109 Å². The summed E-state index contributed by atoms with van der Waals surface area (Å²) in [5.41, 5.74) is 11.4. The van der Waals surface area contributed by atoms with Crippen molar-refractivity contribution in [2.75, 3.05) is 0 Å². The standard InChI is InChI=1S/C41H27N3O/c1-41(2)30-21-11-8-18-27(30)33-25-16-6-7-17-26(25)34-28-19-9-12-22-31(28)44(38(34)35(33)41)40-42-36(24-14-4-3-5-15-24)39-37(43-40)29-20-10-13-23-32(29)45-39/h3-23H,1-2H3. The zero-order chi connectivity index (χ0) is 29.9. The Hall–Kier alpha value is -5.74. The highest BCUT2D eigenvalue weighted by atomic mass is 16.3. The largest absolute Gasteiger partial charge is 0.452 e. The van der Waals surface area contributed by atoms with Crippen LogP contribution in [0.1, 0.15) is 25.0 Å². The maximum Gasteiger partial charge on any atom is 0.236 e. The molecule has 0 bridgehead atoms. The van der Waals surface area contributed by atoms with Crippen molar-refractivity contribution in [1.82, 2.24) is 14.5 Å². The molecule has 0 atom stereocenters. The molecular formula is C41H27N3O. The minimum atomic E-state index is -0.241. The van der Waals surface area contributed by atoms with Crippen LogP contribution >= 0.6 is 0 Å². The molecule has 0 spiro atoms. The molecule has 0 amide bonds. The summed E-state index contributed by atoms with van der Waals surface area (Å²) in [6.45, 7) is 4.72. The highest BCUT2D eigenvalue weighted by Gasteiger charge is 2.40. The second-order valence-electron chi connectivity index (χ2n) is 12.6. The maximum absolute atomic E-state index is 6.46. The first-order valence-corrected chi connectivity index (χ1v) is 15.4. The molecular weight excluding hydrogens is 550 g/mol. The average molecular weight is 578 g/mol. The lowest BCUT2D eigenvalue weighted by Crippen LogP contribution is -2.17. The second kappa shape index (κ2) is 8.67. The number of hydrogen-bond acceptors (Lipinski definition) is 3. The van der Waals surface area contributed by atoms with Gasteiger partial charge in [-0.2, -0.15) is 0 Å². The summed E-state index contributed by atoms with van der Waals surface area (Å²) in [6, 6.07) is 44.9. The van der Waals surface area contributed by atoms with E-state index in [0.717, 1.165) is 38.8 Å². The van der Waals surface area contributed by atoms with Crippen molar-refractivity contribution in [3.63, 3.8) is 0 Å². The second-order valence-corrected chi connectivity index (χ2v) is 12.6. The van der Waals surface area contributed by atoms with Crippen molar-refractivity contribution in [1.29, 1.82) is 0 Å². The Bertz CT molecular complexity index is 2680. The van der Waals surface area contributed by atoms with Gasteiger partial charge in [0.2, 0.25) is 5.95 Å². The van der Waals surface area contributed by atoms with E-state index in [1.54, 1.807) is 0 Å². The van der Waals surface area contributed by atoms with Crippen molar-refractivity contribution < 1.29 is 4.42 Å². The van der Waals surface area contributed by atoms with Crippen LogP contribution in [0, 0.1) is 0 Å². The molecule has 0 aliphatic heterocycles. The van der Waals surface area contributed by atoms with E-state index in [1.165, 1.54) is 43.8 Å². The van der Waals surface area contributed by atoms with Gasteiger partial charge in [-0.25, -0.2) is 9.97 Å². The molecule has 3 heterocycles. The first-order chi connectivity index (χ1) is 22.1. The van der Waals surface area contributed by atoms with E-state index >= 15 is 0 Å². The van der Waals surface area contributed by atoms with Crippen molar-refractivity contribution in [3.05, 3.63) is 139 Å². The number of aromatic nitrogens is 3. The van der Waals surface area contributed by atoms with Gasteiger partial charge in [-0.05, 0) is 51.2 Å². The number of hydrogen-bond donors (Lipinski definition) is 0. The van der Waals surface area contributed by atoms with E-state index in [4.69, 9.17) is 14.4 Å². The zero-order valence-electron chi connectivity index (χ0n) is 24.9. The predicted octanol–water partition coefficient (Wildman–Crippen LogP) is 10.6. The average Bonchev–Trinajstić information content (AvgIpc) is 3.71. The monoisotopic (exact) mass is 577 g/mol. The summed E-state index contributed by atoms with van der Waals surface area (Å²) < 4.78 is 8.77. The fraction of sp³-hybridized carbons (Fsp3) is 0.0732. The van der Waals surface area contributed by atoms with Crippen LogP contribution in [-0.2, 0) is 5.41 Å². The normalized spacial score (nSPS) is 13.7. The van der Waals surface area contributed by atoms with E-state index < -0.39 is 0 Å². The first kappa shape index (κ1) is 24.7. The predicted molar refractivity (Wildman–Crippen MR) is 184 cm³/mol. The highest BCUT2D eigenvalue weighted by Crippen LogP contribution is 2.56. The van der Waals surface area contributed by atoms with Gasteiger partial charge >= 0.3 is 0 Å². The third-order valence-electron chi connectivity index (χ3n) is 9.78. The summed E-state index contributed by atoms with van der Waals surface area (Å²) in [5, 5.41) is 5.94. The molecule has 1 aliphatic carbocycles. The van der Waals surface area contributed by atoms with Crippen LogP contribution in [-0.4, -0.2) is 14.5 Å². The Labute approximate surface area is 259 Å². The van der Waals surface area contributed by atoms with Gasteiger partial charge in [-0.3, -0.25) is 4.57 Å². The molecule has 0 radical (unpaired) electrons. The van der Waals surface area contributed by atoms with E-state index in [0.29, 0.717) is 11.5 Å². The molecule has 45 heavy (non-hydrogen) atoms. The Morgan fingerprint density at radius 1 is 0.622 bits per heavy atom. The number of rotatable bonds is 2. The molecule has 1 aliphatic rings. The topological polar surface area (TPSA) is 43.9 Å². The lowest BCUT2D eigenvalue weighted by atomic mass is 9.80. The SMILES string of the molecule is CC1(C)c2ccccc2-c2c1c1c(c3ccccc23)c2ccccc2n1-c1nc(-c2ccccc2)c2oc3ccccc3c2n1. The van der Waals surface area contributed by atoms with Crippen LogP contribution in [0.3, 0.4) is 0 Å². The Balaban J connectivity index is 1.45. The quantitative estimate of drug-likeness (QED) is 0.205. The highest BCUT2D eigenvalue weighted by molar-refractivity contribution is 6.27. The molecule has 9 aromatic rings. The third kappa shape index (κ3) is 3.16. The number of fused-ring (bicyclic) bond motifs is 13. The molecule has 3 aromatic heterocycles. The lowest BCUT2D eigenvalue weighted by molar-refractivity contribution is 0.662. The molecule has 0 saturated carbocycles. The molecule has 0 N–H and O–H groups in total. The molecule has 4 nitrogen and oxygen atoms in total. The van der Waals surface area contributed by atoms with E-state index in [-0.39, 0.29) is 5.41 Å². The van der Waals surface area contributed by atoms with Crippen molar-refractivity contribution in [2.45, 2.75) is 19.3 Å². The fourth-order valence-corrected chi connectivity index (χ4v) is 7.87. The molecule has 4 heteroatoms. The first-order valence-electron chi connectivity index (χ1n) is 15.4. The fourth-order valence-electron chi connectivity index (χ4n) is 7.87. The lowest BCUT2D eigenvalue weighted by Gasteiger charge is -2.24. The Morgan fingerprint density at radius 3 is 2.13 bits per heavy atom. The van der Waals surface area contributed by atoms with Crippen LogP contribution < -0.4 is 0 Å². The van der Waals surface area contributed by atoms with Gasteiger partial charge < -0.3 is 4.42 Å². The van der Waals surface area contributed by atoms with E-state index in [1.807, 2.05) is 36.4 Å². The molecule has 0 unspecified atom stereocenters. The van der Waals surface area contributed by atoms with Gasteiger partial charge in [-0.15, -0.1) is 0 Å². The van der Waals surface area contributed by atoms with Gasteiger partial charge in [-0.1, -0.05) is 123 Å². The molecule has 10 rings (SSSR count). The summed E-state index contributed by atoms with van der Waals surface area (Å²) in [5.74, 6) is 0.642. The number of furan rings is 1. The van der Waals surface area contributed by atoms with E-state index in [9.17, 15) is 0 Å². The Morgan fingerprint density at radius 2 is 1.29 bits per heavy atom. The van der Waals surface area contributed by atoms with Gasteiger partial charge in [0, 0.05) is 27.1 Å². The van der Waals surface area contributed by atoms with Crippen molar-refractivity contribution in [3.8, 4) is 28.3 Å². The number of para-hydroxylation sites is 2. The minimum Gasteiger partial charge on any atom is -0.452 e. The maximum atomic E-state index is 6.46. The molecule has 6 aromatic carbocycles. The molecule has 0 saturated heterocycles. The smallest absolute Gasteiger partial charge is 0.236 e. The zero-order valence-corrected chi connectivity index (χ0v) is 24.9. The van der Waals surface area contributed by atoms with Crippen LogP contribution in [0.25, 0.3) is 83.0 Å².